The van der Waals surface area contributed by atoms with Crippen LogP contribution in [0.25, 0.3) is 0 Å². The first-order valence-corrected chi connectivity index (χ1v) is 12.3. The van der Waals surface area contributed by atoms with Crippen molar-refractivity contribution in [1.29, 1.82) is 0 Å². The molecule has 1 amide bonds. The molecule has 0 bridgehead atoms. The van der Waals surface area contributed by atoms with Gasteiger partial charge in [-0.25, -0.2) is 4.79 Å². The summed E-state index contributed by atoms with van der Waals surface area (Å²) in [5.41, 5.74) is 1.48. The van der Waals surface area contributed by atoms with Crippen LogP contribution in [0.4, 0.5) is 4.79 Å². The lowest BCUT2D eigenvalue weighted by atomic mass is 9.79. The highest BCUT2D eigenvalue weighted by molar-refractivity contribution is 5.68. The second-order valence-electron chi connectivity index (χ2n) is 9.96. The predicted molar refractivity (Wildman–Crippen MR) is 140 cm³/mol. The standard InChI is InChI=1S/C30H35NO5/c1-29(2,3)36-28(32)31-20-19-27(21-31)35-30(22-9-7-6-8-10-22,23-11-15-25(33-4)16-12-23)24-13-17-26(34-5)18-14-24/h6-18,27H,19-21H2,1-5H3. The van der Waals surface area contributed by atoms with E-state index in [2.05, 4.69) is 12.1 Å². The molecule has 0 spiro atoms. The number of hydrogen-bond acceptors (Lipinski definition) is 5. The van der Waals surface area contributed by atoms with Crippen molar-refractivity contribution in [2.24, 2.45) is 0 Å². The molecule has 3 aromatic rings. The van der Waals surface area contributed by atoms with Crippen LogP contribution < -0.4 is 9.47 Å². The molecule has 1 fully saturated rings. The van der Waals surface area contributed by atoms with Crippen LogP contribution in [0.1, 0.15) is 43.9 Å². The molecule has 0 saturated carbocycles. The summed E-state index contributed by atoms with van der Waals surface area (Å²) in [4.78, 5) is 14.5. The molecule has 6 heteroatoms. The molecule has 1 unspecified atom stereocenters. The third-order valence-electron chi connectivity index (χ3n) is 6.31. The summed E-state index contributed by atoms with van der Waals surface area (Å²) >= 11 is 0. The molecule has 0 N–H and O–H groups in total. The fraction of sp³-hybridized carbons (Fsp3) is 0.367. The highest BCUT2D eigenvalue weighted by atomic mass is 16.6. The molecule has 3 aromatic carbocycles. The molecule has 1 aliphatic heterocycles. The molecule has 4 rings (SSSR count). The molecule has 6 nitrogen and oxygen atoms in total. The number of hydrogen-bond donors (Lipinski definition) is 0. The second-order valence-corrected chi connectivity index (χ2v) is 9.96. The Kier molecular flexibility index (Phi) is 7.55. The van der Waals surface area contributed by atoms with E-state index in [0.717, 1.165) is 28.2 Å². The molecule has 36 heavy (non-hydrogen) atoms. The van der Waals surface area contributed by atoms with Crippen LogP contribution in [0.2, 0.25) is 0 Å². The van der Waals surface area contributed by atoms with Crippen LogP contribution >= 0.6 is 0 Å². The zero-order valence-electron chi connectivity index (χ0n) is 21.7. The van der Waals surface area contributed by atoms with Crippen LogP contribution in [0.15, 0.2) is 78.9 Å². The van der Waals surface area contributed by atoms with Crippen molar-refractivity contribution in [3.8, 4) is 11.5 Å². The lowest BCUT2D eigenvalue weighted by Crippen LogP contribution is -2.40. The summed E-state index contributed by atoms with van der Waals surface area (Å²) in [6, 6.07) is 26.1. The fourth-order valence-corrected chi connectivity index (χ4v) is 4.60. The van der Waals surface area contributed by atoms with Crippen LogP contribution in [0.3, 0.4) is 0 Å². The zero-order valence-corrected chi connectivity index (χ0v) is 21.7. The SMILES string of the molecule is COc1ccc(C(OC2CCN(C(=O)OC(C)(C)C)C2)(c2ccccc2)c2ccc(OC)cc2)cc1. The van der Waals surface area contributed by atoms with E-state index >= 15 is 0 Å². The predicted octanol–water partition coefficient (Wildman–Crippen LogP) is 6.02. The Morgan fingerprint density at radius 1 is 0.778 bits per heavy atom. The first kappa shape index (κ1) is 25.6. The lowest BCUT2D eigenvalue weighted by Gasteiger charge is -2.38. The number of carbonyl (C=O) groups excluding carboxylic acids is 1. The van der Waals surface area contributed by atoms with E-state index in [9.17, 15) is 4.79 Å². The Morgan fingerprint density at radius 2 is 1.28 bits per heavy atom. The molecule has 1 aliphatic rings. The lowest BCUT2D eigenvalue weighted by molar-refractivity contribution is -0.0430. The van der Waals surface area contributed by atoms with Crippen molar-refractivity contribution in [3.05, 3.63) is 95.6 Å². The van der Waals surface area contributed by atoms with E-state index in [0.29, 0.717) is 19.5 Å². The van der Waals surface area contributed by atoms with Gasteiger partial charge in [0.25, 0.3) is 0 Å². The zero-order chi connectivity index (χ0) is 25.8. The summed E-state index contributed by atoms with van der Waals surface area (Å²) in [6.45, 7) is 6.67. The number of rotatable bonds is 7. The maximum absolute atomic E-state index is 12.7. The van der Waals surface area contributed by atoms with Gasteiger partial charge in [-0.05, 0) is 68.1 Å². The Hall–Kier alpha value is -3.51. The van der Waals surface area contributed by atoms with Gasteiger partial charge >= 0.3 is 6.09 Å². The summed E-state index contributed by atoms with van der Waals surface area (Å²) in [5.74, 6) is 1.54. The molecule has 1 atom stereocenters. The van der Waals surface area contributed by atoms with E-state index in [1.165, 1.54) is 0 Å². The Labute approximate surface area is 213 Å². The van der Waals surface area contributed by atoms with Crippen LogP contribution in [-0.2, 0) is 15.1 Å². The Bertz CT molecular complexity index is 1090. The first-order chi connectivity index (χ1) is 17.2. The van der Waals surface area contributed by atoms with Gasteiger partial charge in [-0.2, -0.15) is 0 Å². The molecule has 1 saturated heterocycles. The largest absolute Gasteiger partial charge is 0.497 e. The highest BCUT2D eigenvalue weighted by Gasteiger charge is 2.42. The van der Waals surface area contributed by atoms with Crippen LogP contribution in [0.5, 0.6) is 11.5 Å². The maximum atomic E-state index is 12.7. The summed E-state index contributed by atoms with van der Waals surface area (Å²) in [5, 5.41) is 0. The molecular formula is C30H35NO5. The number of benzene rings is 3. The van der Waals surface area contributed by atoms with Gasteiger partial charge in [0.15, 0.2) is 0 Å². The van der Waals surface area contributed by atoms with E-state index in [1.54, 1.807) is 19.1 Å². The molecule has 0 aromatic heterocycles. The average molecular weight is 490 g/mol. The minimum Gasteiger partial charge on any atom is -0.497 e. The van der Waals surface area contributed by atoms with Gasteiger partial charge in [-0.3, -0.25) is 0 Å². The van der Waals surface area contributed by atoms with Crippen molar-refractivity contribution in [2.45, 2.75) is 44.5 Å². The van der Waals surface area contributed by atoms with Gasteiger partial charge in [0, 0.05) is 6.54 Å². The number of amides is 1. The maximum Gasteiger partial charge on any atom is 0.410 e. The van der Waals surface area contributed by atoms with Gasteiger partial charge in [0.2, 0.25) is 0 Å². The van der Waals surface area contributed by atoms with Crippen molar-refractivity contribution in [1.82, 2.24) is 4.90 Å². The number of nitrogens with zero attached hydrogens (tertiary/aromatic N) is 1. The molecule has 0 radical (unpaired) electrons. The van der Waals surface area contributed by atoms with Crippen LogP contribution in [0, 0.1) is 0 Å². The monoisotopic (exact) mass is 489 g/mol. The average Bonchev–Trinajstić information content (AvgIpc) is 3.36. The van der Waals surface area contributed by atoms with Gasteiger partial charge in [0.05, 0.1) is 26.9 Å². The second kappa shape index (κ2) is 10.6. The van der Waals surface area contributed by atoms with Gasteiger partial charge in [0.1, 0.15) is 22.7 Å². The summed E-state index contributed by atoms with van der Waals surface area (Å²) < 4.78 is 23.5. The number of ether oxygens (including phenoxy) is 4. The Morgan fingerprint density at radius 3 is 1.75 bits per heavy atom. The quantitative estimate of drug-likeness (QED) is 0.380. The number of methoxy groups -OCH3 is 2. The van der Waals surface area contributed by atoms with E-state index in [1.807, 2.05) is 87.5 Å². The van der Waals surface area contributed by atoms with Crippen molar-refractivity contribution in [3.63, 3.8) is 0 Å². The minimum absolute atomic E-state index is 0.193. The van der Waals surface area contributed by atoms with E-state index in [4.69, 9.17) is 18.9 Å². The molecular weight excluding hydrogens is 454 g/mol. The molecule has 190 valence electrons. The van der Waals surface area contributed by atoms with E-state index < -0.39 is 11.2 Å². The van der Waals surface area contributed by atoms with Crippen molar-refractivity contribution < 1.29 is 23.7 Å². The smallest absolute Gasteiger partial charge is 0.410 e. The third kappa shape index (κ3) is 5.49. The first-order valence-electron chi connectivity index (χ1n) is 12.3. The number of carbonyl (C=O) groups is 1. The summed E-state index contributed by atoms with van der Waals surface area (Å²) in [7, 11) is 3.31. The third-order valence-corrected chi connectivity index (χ3v) is 6.31. The van der Waals surface area contributed by atoms with Gasteiger partial charge < -0.3 is 23.8 Å². The van der Waals surface area contributed by atoms with Crippen LogP contribution in [-0.4, -0.2) is 50.0 Å². The summed E-state index contributed by atoms with van der Waals surface area (Å²) in [6.07, 6.45) is 0.204. The van der Waals surface area contributed by atoms with Crippen molar-refractivity contribution >= 4 is 6.09 Å². The van der Waals surface area contributed by atoms with E-state index in [-0.39, 0.29) is 12.2 Å². The van der Waals surface area contributed by atoms with Gasteiger partial charge in [-0.1, -0.05) is 54.6 Å². The fourth-order valence-electron chi connectivity index (χ4n) is 4.60. The minimum atomic E-state index is -0.908. The normalized spacial score (nSPS) is 16.0. The topological polar surface area (TPSA) is 57.2 Å². The highest BCUT2D eigenvalue weighted by Crippen LogP contribution is 2.43. The number of likely N-dealkylation sites (tertiary alicyclic amines) is 1. The van der Waals surface area contributed by atoms with Crippen molar-refractivity contribution in [2.75, 3.05) is 27.3 Å². The Balaban J connectivity index is 1.77. The molecule has 0 aliphatic carbocycles. The molecule has 1 heterocycles. The van der Waals surface area contributed by atoms with Gasteiger partial charge in [-0.15, -0.1) is 0 Å².